The van der Waals surface area contributed by atoms with Crippen molar-refractivity contribution in [2.75, 3.05) is 11.1 Å². The Bertz CT molecular complexity index is 878. The van der Waals surface area contributed by atoms with Crippen LogP contribution in [0.2, 0.25) is 0 Å². The maximum absolute atomic E-state index is 12.1. The zero-order chi connectivity index (χ0) is 17.6. The Morgan fingerprint density at radius 3 is 2.48 bits per heavy atom. The molecule has 0 saturated carbocycles. The number of aromatic nitrogens is 3. The van der Waals surface area contributed by atoms with E-state index in [4.69, 9.17) is 5.73 Å². The van der Waals surface area contributed by atoms with Crippen LogP contribution in [0.25, 0.3) is 5.69 Å². The first-order valence-corrected chi connectivity index (χ1v) is 8.40. The van der Waals surface area contributed by atoms with Gasteiger partial charge in [-0.05, 0) is 36.4 Å². The molecule has 0 atom stereocenters. The number of hydrogen-bond donors (Lipinski definition) is 2. The number of amides is 2. The number of nitrogens with zero attached hydrogens (tertiary/aromatic N) is 3. The Morgan fingerprint density at radius 1 is 1.08 bits per heavy atom. The lowest BCUT2D eigenvalue weighted by Crippen LogP contribution is -2.15. The molecule has 0 spiro atoms. The summed E-state index contributed by atoms with van der Waals surface area (Å²) < 4.78 is 1.82. The van der Waals surface area contributed by atoms with Gasteiger partial charge in [-0.1, -0.05) is 30.0 Å². The molecule has 0 radical (unpaired) electrons. The van der Waals surface area contributed by atoms with Crippen LogP contribution < -0.4 is 11.1 Å². The molecule has 2 aromatic carbocycles. The third-order valence-electron chi connectivity index (χ3n) is 3.34. The van der Waals surface area contributed by atoms with Gasteiger partial charge in [0.05, 0.1) is 5.75 Å². The predicted molar refractivity (Wildman–Crippen MR) is 95.7 cm³/mol. The summed E-state index contributed by atoms with van der Waals surface area (Å²) in [6.45, 7) is 0. The van der Waals surface area contributed by atoms with Gasteiger partial charge < -0.3 is 11.1 Å². The normalized spacial score (nSPS) is 10.4. The van der Waals surface area contributed by atoms with Crippen LogP contribution in [0.1, 0.15) is 10.4 Å². The Labute approximate surface area is 148 Å². The largest absolute Gasteiger partial charge is 0.366 e. The molecule has 0 fully saturated rings. The number of carbonyl (C=O) groups excluding carboxylic acids is 2. The summed E-state index contributed by atoms with van der Waals surface area (Å²) in [5, 5.41) is 11.3. The van der Waals surface area contributed by atoms with Crippen LogP contribution in [0, 0.1) is 0 Å². The summed E-state index contributed by atoms with van der Waals surface area (Å²) >= 11 is 1.29. The van der Waals surface area contributed by atoms with Crippen molar-refractivity contribution in [3.8, 4) is 5.69 Å². The topological polar surface area (TPSA) is 103 Å². The molecule has 0 aliphatic carbocycles. The minimum atomic E-state index is -0.506. The zero-order valence-electron chi connectivity index (χ0n) is 13.1. The van der Waals surface area contributed by atoms with Gasteiger partial charge in [-0.3, -0.25) is 14.2 Å². The summed E-state index contributed by atoms with van der Waals surface area (Å²) in [5.41, 5.74) is 7.10. The van der Waals surface area contributed by atoms with E-state index in [2.05, 4.69) is 15.5 Å². The average Bonchev–Trinajstić information content (AvgIpc) is 3.10. The second kappa shape index (κ2) is 7.63. The van der Waals surface area contributed by atoms with Crippen molar-refractivity contribution in [1.82, 2.24) is 14.8 Å². The maximum Gasteiger partial charge on any atom is 0.248 e. The minimum Gasteiger partial charge on any atom is -0.366 e. The molecule has 8 heteroatoms. The smallest absolute Gasteiger partial charge is 0.248 e. The highest BCUT2D eigenvalue weighted by atomic mass is 32.2. The third-order valence-corrected chi connectivity index (χ3v) is 4.28. The lowest BCUT2D eigenvalue weighted by Gasteiger charge is -2.07. The van der Waals surface area contributed by atoms with Crippen molar-refractivity contribution in [3.63, 3.8) is 0 Å². The molecule has 1 heterocycles. The van der Waals surface area contributed by atoms with Crippen molar-refractivity contribution in [2.45, 2.75) is 5.16 Å². The number of carbonyl (C=O) groups is 2. The molecule has 0 aliphatic heterocycles. The van der Waals surface area contributed by atoms with E-state index >= 15 is 0 Å². The molecule has 7 nitrogen and oxygen atoms in total. The Hall–Kier alpha value is -3.13. The van der Waals surface area contributed by atoms with E-state index in [1.165, 1.54) is 11.8 Å². The molecule has 0 saturated heterocycles. The van der Waals surface area contributed by atoms with Gasteiger partial charge in [-0.15, -0.1) is 10.2 Å². The first-order chi connectivity index (χ1) is 12.1. The monoisotopic (exact) mass is 353 g/mol. The lowest BCUT2D eigenvalue weighted by molar-refractivity contribution is -0.113. The van der Waals surface area contributed by atoms with Crippen LogP contribution >= 0.6 is 11.8 Å². The first-order valence-electron chi connectivity index (χ1n) is 7.41. The molecular weight excluding hydrogens is 338 g/mol. The molecule has 25 heavy (non-hydrogen) atoms. The lowest BCUT2D eigenvalue weighted by atomic mass is 10.2. The quantitative estimate of drug-likeness (QED) is 0.661. The molecule has 0 unspecified atom stereocenters. The fourth-order valence-electron chi connectivity index (χ4n) is 2.13. The highest BCUT2D eigenvalue weighted by Gasteiger charge is 2.10. The van der Waals surface area contributed by atoms with Gasteiger partial charge >= 0.3 is 0 Å². The number of thioether (sulfide) groups is 1. The number of nitrogens with two attached hydrogens (primary N) is 1. The third kappa shape index (κ3) is 4.24. The van der Waals surface area contributed by atoms with Gasteiger partial charge in [0.2, 0.25) is 11.8 Å². The van der Waals surface area contributed by atoms with Crippen molar-refractivity contribution in [3.05, 3.63) is 66.5 Å². The zero-order valence-corrected chi connectivity index (χ0v) is 13.9. The average molecular weight is 353 g/mol. The van der Waals surface area contributed by atoms with Gasteiger partial charge in [0.15, 0.2) is 5.16 Å². The molecule has 126 valence electrons. The van der Waals surface area contributed by atoms with Crippen molar-refractivity contribution < 1.29 is 9.59 Å². The summed E-state index contributed by atoms with van der Waals surface area (Å²) in [7, 11) is 0. The van der Waals surface area contributed by atoms with Crippen LogP contribution in [-0.4, -0.2) is 32.3 Å². The van der Waals surface area contributed by atoms with Crippen molar-refractivity contribution in [1.29, 1.82) is 0 Å². The SMILES string of the molecule is NC(=O)c1ccc(NC(=O)CSc2nncn2-c2ccccc2)cc1. The number of hydrogen-bond acceptors (Lipinski definition) is 5. The van der Waals surface area contributed by atoms with Gasteiger partial charge in [0, 0.05) is 16.9 Å². The fourth-order valence-corrected chi connectivity index (χ4v) is 2.86. The van der Waals surface area contributed by atoms with Crippen LogP contribution in [0.4, 0.5) is 5.69 Å². The van der Waals surface area contributed by atoms with Crippen LogP contribution in [0.5, 0.6) is 0 Å². The molecule has 1 aromatic heterocycles. The summed E-state index contributed by atoms with van der Waals surface area (Å²) in [4.78, 5) is 23.1. The van der Waals surface area contributed by atoms with Crippen molar-refractivity contribution >= 4 is 29.3 Å². The van der Waals surface area contributed by atoms with E-state index in [0.717, 1.165) is 5.69 Å². The van der Waals surface area contributed by atoms with E-state index in [1.54, 1.807) is 30.6 Å². The highest BCUT2D eigenvalue weighted by Crippen LogP contribution is 2.19. The first kappa shape index (κ1) is 16.7. The summed E-state index contributed by atoms with van der Waals surface area (Å²) in [6, 6.07) is 16.1. The summed E-state index contributed by atoms with van der Waals surface area (Å²) in [5.74, 6) is -0.503. The molecular formula is C17H15N5O2S. The van der Waals surface area contributed by atoms with Gasteiger partial charge in [0.1, 0.15) is 6.33 Å². The standard InChI is InChI=1S/C17H15N5O2S/c18-16(24)12-6-8-13(9-7-12)20-15(23)10-25-17-21-19-11-22(17)14-4-2-1-3-5-14/h1-9,11H,10H2,(H2,18,24)(H,20,23). The fraction of sp³-hybridized carbons (Fsp3) is 0.0588. The minimum absolute atomic E-state index is 0.181. The second-order valence-corrected chi connectivity index (χ2v) is 6.04. The van der Waals surface area contributed by atoms with Gasteiger partial charge in [-0.2, -0.15) is 0 Å². The Morgan fingerprint density at radius 2 is 1.80 bits per heavy atom. The van der Waals surface area contributed by atoms with Crippen LogP contribution in [0.3, 0.4) is 0 Å². The molecule has 3 rings (SSSR count). The number of nitrogens with one attached hydrogen (secondary N) is 1. The molecule has 2 amide bonds. The molecule has 3 N–H and O–H groups in total. The molecule has 0 bridgehead atoms. The predicted octanol–water partition coefficient (Wildman–Crippen LogP) is 2.10. The Kier molecular flexibility index (Phi) is 5.10. The summed E-state index contributed by atoms with van der Waals surface area (Å²) in [6.07, 6.45) is 1.61. The Balaban J connectivity index is 1.60. The number of benzene rings is 2. The van der Waals surface area contributed by atoms with Crippen LogP contribution in [0.15, 0.2) is 66.1 Å². The number of anilines is 1. The van der Waals surface area contributed by atoms with Crippen LogP contribution in [-0.2, 0) is 4.79 Å². The number of rotatable bonds is 6. The number of primary amides is 1. The van der Waals surface area contributed by atoms with E-state index in [-0.39, 0.29) is 11.7 Å². The van der Waals surface area contributed by atoms with E-state index in [9.17, 15) is 9.59 Å². The van der Waals surface area contributed by atoms with Gasteiger partial charge in [-0.25, -0.2) is 0 Å². The van der Waals surface area contributed by atoms with E-state index < -0.39 is 5.91 Å². The van der Waals surface area contributed by atoms with Gasteiger partial charge in [0.25, 0.3) is 0 Å². The number of para-hydroxylation sites is 1. The molecule has 0 aliphatic rings. The molecule has 3 aromatic rings. The van der Waals surface area contributed by atoms with E-state index in [0.29, 0.717) is 16.4 Å². The highest BCUT2D eigenvalue weighted by molar-refractivity contribution is 7.99. The van der Waals surface area contributed by atoms with Crippen molar-refractivity contribution in [2.24, 2.45) is 5.73 Å². The van der Waals surface area contributed by atoms with E-state index in [1.807, 2.05) is 34.9 Å². The second-order valence-electron chi connectivity index (χ2n) is 5.10. The maximum atomic E-state index is 12.1.